The molecule has 0 aromatic heterocycles. The lowest BCUT2D eigenvalue weighted by Crippen LogP contribution is -2.58. The predicted molar refractivity (Wildman–Crippen MR) is 133 cm³/mol. The Balaban J connectivity index is 1.03. The fourth-order valence-corrected chi connectivity index (χ4v) is 7.19. The van der Waals surface area contributed by atoms with Crippen LogP contribution in [0.5, 0.6) is 0 Å². The van der Waals surface area contributed by atoms with Gasteiger partial charge in [0.25, 0.3) is 0 Å². The van der Waals surface area contributed by atoms with Crippen molar-refractivity contribution >= 4 is 23.3 Å². The molecule has 1 heterocycles. The van der Waals surface area contributed by atoms with Crippen molar-refractivity contribution in [1.82, 2.24) is 10.6 Å². The van der Waals surface area contributed by atoms with Gasteiger partial charge in [0.15, 0.2) is 0 Å². The van der Waals surface area contributed by atoms with Crippen LogP contribution in [0.1, 0.15) is 56.1 Å². The molecule has 4 aliphatic carbocycles. The van der Waals surface area contributed by atoms with Crippen LogP contribution in [-0.4, -0.2) is 24.0 Å². The van der Waals surface area contributed by atoms with E-state index in [1.165, 1.54) is 49.7 Å². The van der Waals surface area contributed by atoms with Gasteiger partial charge in [-0.15, -0.1) is 0 Å². The summed E-state index contributed by atoms with van der Waals surface area (Å²) in [5.41, 5.74) is 4.73. The third-order valence-electron chi connectivity index (χ3n) is 8.44. The van der Waals surface area contributed by atoms with Gasteiger partial charge < -0.3 is 10.6 Å². The monoisotopic (exact) mass is 458 g/mol. The van der Waals surface area contributed by atoms with E-state index in [9.17, 15) is 9.59 Å². The summed E-state index contributed by atoms with van der Waals surface area (Å²) in [6, 6.07) is 16.3. The quantitative estimate of drug-likeness (QED) is 0.557. The maximum atomic E-state index is 12.1. The molecule has 1 aliphatic heterocycles. The van der Waals surface area contributed by atoms with Crippen molar-refractivity contribution in [2.75, 3.05) is 16.8 Å². The summed E-state index contributed by atoms with van der Waals surface area (Å²) in [6.45, 7) is 2.09. The van der Waals surface area contributed by atoms with Crippen LogP contribution in [0.4, 0.5) is 16.2 Å². The lowest BCUT2D eigenvalue weighted by molar-refractivity contribution is -0.120. The third kappa shape index (κ3) is 4.43. The summed E-state index contributed by atoms with van der Waals surface area (Å²) in [4.78, 5) is 25.1. The van der Waals surface area contributed by atoms with Crippen LogP contribution in [0.2, 0.25) is 0 Å². The minimum Gasteiger partial charge on any atom is -0.381 e. The zero-order valence-electron chi connectivity index (χ0n) is 19.7. The van der Waals surface area contributed by atoms with Gasteiger partial charge in [-0.3, -0.25) is 15.0 Å². The van der Waals surface area contributed by atoms with Crippen molar-refractivity contribution in [3.63, 3.8) is 0 Å². The van der Waals surface area contributed by atoms with Crippen molar-refractivity contribution in [3.05, 3.63) is 59.7 Å². The highest BCUT2D eigenvalue weighted by atomic mass is 16.2. The topological polar surface area (TPSA) is 73.5 Å². The minimum absolute atomic E-state index is 0.216. The van der Waals surface area contributed by atoms with Gasteiger partial charge in [-0.05, 0) is 85.6 Å². The second-order valence-corrected chi connectivity index (χ2v) is 11.0. The number of nitrogens with one attached hydrogen (secondary N) is 3. The molecule has 0 radical (unpaired) electrons. The number of urea groups is 1. The highest BCUT2D eigenvalue weighted by molar-refractivity contribution is 6.05. The van der Waals surface area contributed by atoms with Crippen molar-refractivity contribution in [2.45, 2.75) is 63.6 Å². The summed E-state index contributed by atoms with van der Waals surface area (Å²) in [5.74, 6) is 2.69. The van der Waals surface area contributed by atoms with Crippen molar-refractivity contribution in [1.29, 1.82) is 0 Å². The Morgan fingerprint density at radius 1 is 0.882 bits per heavy atom. The molecule has 0 unspecified atom stereocenters. The van der Waals surface area contributed by atoms with E-state index in [4.69, 9.17) is 0 Å². The van der Waals surface area contributed by atoms with E-state index in [1.807, 2.05) is 24.3 Å². The molecule has 3 amide bonds. The van der Waals surface area contributed by atoms with E-state index in [0.717, 1.165) is 42.2 Å². The molecule has 0 atom stereocenters. The lowest BCUT2D eigenvalue weighted by Gasteiger charge is -2.57. The van der Waals surface area contributed by atoms with Crippen LogP contribution in [-0.2, 0) is 17.9 Å². The summed E-state index contributed by atoms with van der Waals surface area (Å²) in [6.07, 6.45) is 8.93. The van der Waals surface area contributed by atoms with Gasteiger partial charge in [0, 0.05) is 43.0 Å². The summed E-state index contributed by atoms with van der Waals surface area (Å²) in [5, 5.41) is 9.83. The van der Waals surface area contributed by atoms with Crippen molar-refractivity contribution < 1.29 is 9.59 Å². The third-order valence-corrected chi connectivity index (χ3v) is 8.44. The number of amides is 3. The van der Waals surface area contributed by atoms with Gasteiger partial charge in [0.05, 0.1) is 0 Å². The Kier molecular flexibility index (Phi) is 5.56. The van der Waals surface area contributed by atoms with Crippen LogP contribution >= 0.6 is 0 Å². The van der Waals surface area contributed by atoms with Crippen LogP contribution in [0.25, 0.3) is 0 Å². The molecule has 4 bridgehead atoms. The van der Waals surface area contributed by atoms with E-state index in [2.05, 4.69) is 40.2 Å². The highest BCUT2D eigenvalue weighted by Gasteiger charge is 2.50. The summed E-state index contributed by atoms with van der Waals surface area (Å²) in [7, 11) is 0. The predicted octanol–water partition coefficient (Wildman–Crippen LogP) is 4.80. The molecule has 2 aromatic rings. The second-order valence-electron chi connectivity index (χ2n) is 11.0. The summed E-state index contributed by atoms with van der Waals surface area (Å²) < 4.78 is 0. The number of carbonyl (C=O) groups is 2. The first-order chi connectivity index (χ1) is 16.5. The van der Waals surface area contributed by atoms with Gasteiger partial charge in [-0.2, -0.15) is 0 Å². The van der Waals surface area contributed by atoms with E-state index < -0.39 is 0 Å². The second kappa shape index (κ2) is 8.73. The van der Waals surface area contributed by atoms with Gasteiger partial charge in [-0.1, -0.05) is 30.3 Å². The van der Waals surface area contributed by atoms with Gasteiger partial charge in [0.1, 0.15) is 0 Å². The van der Waals surface area contributed by atoms with Crippen molar-refractivity contribution in [2.24, 2.45) is 17.8 Å². The molecule has 1 saturated heterocycles. The number of carbonyl (C=O) groups excluding carboxylic acids is 2. The van der Waals surface area contributed by atoms with Gasteiger partial charge in [0.2, 0.25) is 5.91 Å². The molecular formula is C28H34N4O2. The van der Waals surface area contributed by atoms with E-state index >= 15 is 0 Å². The maximum absolute atomic E-state index is 12.1. The number of hydrogen-bond acceptors (Lipinski definition) is 4. The van der Waals surface area contributed by atoms with Gasteiger partial charge in [-0.25, -0.2) is 4.79 Å². The first-order valence-corrected chi connectivity index (χ1v) is 12.8. The first kappa shape index (κ1) is 21.7. The Labute approximate surface area is 201 Å². The number of benzene rings is 2. The Hall–Kier alpha value is -2.86. The molecule has 34 heavy (non-hydrogen) atoms. The van der Waals surface area contributed by atoms with Crippen LogP contribution in [0.15, 0.2) is 48.5 Å². The SMILES string of the molecule is O=C1CCN(c2cccc(NCc3ccc(CNC45CC6CC(CC(C6)C4)C5)cc3)c2)C(=O)N1. The molecule has 5 fully saturated rings. The molecule has 2 aromatic carbocycles. The molecule has 7 rings (SSSR count). The molecule has 0 spiro atoms. The molecule has 6 heteroatoms. The standard InChI is InChI=1S/C28H34N4O2/c33-26-8-9-32(27(34)31-26)25-3-1-2-24(13-25)29-17-19-4-6-20(7-5-19)18-30-28-14-21-10-22(15-28)12-23(11-21)16-28/h1-7,13,21-23,29-30H,8-12,14-18H2,(H,31,33,34). The zero-order chi connectivity index (χ0) is 23.1. The fraction of sp³-hybridized carbons (Fsp3) is 0.500. The smallest absolute Gasteiger partial charge is 0.328 e. The molecule has 5 aliphatic rings. The number of anilines is 2. The average molecular weight is 459 g/mol. The normalized spacial score (nSPS) is 29.9. The lowest BCUT2D eigenvalue weighted by atomic mass is 9.53. The van der Waals surface area contributed by atoms with Gasteiger partial charge >= 0.3 is 6.03 Å². The number of hydrogen-bond donors (Lipinski definition) is 3. The van der Waals surface area contributed by atoms with Crippen LogP contribution in [0, 0.1) is 17.8 Å². The average Bonchev–Trinajstić information content (AvgIpc) is 2.81. The molecule has 6 nitrogen and oxygen atoms in total. The first-order valence-electron chi connectivity index (χ1n) is 12.8. The molecular weight excluding hydrogens is 424 g/mol. The molecule has 178 valence electrons. The van der Waals surface area contributed by atoms with Crippen LogP contribution in [0.3, 0.4) is 0 Å². The zero-order valence-corrected chi connectivity index (χ0v) is 19.7. The maximum Gasteiger partial charge on any atom is 0.328 e. The largest absolute Gasteiger partial charge is 0.381 e. The van der Waals surface area contributed by atoms with Crippen molar-refractivity contribution in [3.8, 4) is 0 Å². The molecule has 3 N–H and O–H groups in total. The number of rotatable bonds is 7. The Morgan fingerprint density at radius 3 is 2.18 bits per heavy atom. The van der Waals surface area contributed by atoms with E-state index in [1.54, 1.807) is 4.90 Å². The van der Waals surface area contributed by atoms with E-state index in [-0.39, 0.29) is 11.9 Å². The Bertz CT molecular complexity index is 1040. The fourth-order valence-electron chi connectivity index (χ4n) is 7.19. The van der Waals surface area contributed by atoms with Crippen LogP contribution < -0.4 is 20.9 Å². The minimum atomic E-state index is -0.355. The highest BCUT2D eigenvalue weighted by Crippen LogP contribution is 2.55. The number of imide groups is 1. The summed E-state index contributed by atoms with van der Waals surface area (Å²) >= 11 is 0. The van der Waals surface area contributed by atoms with E-state index in [0.29, 0.717) is 18.5 Å². The number of nitrogens with zero attached hydrogens (tertiary/aromatic N) is 1. The molecule has 4 saturated carbocycles. The Morgan fingerprint density at radius 2 is 1.53 bits per heavy atom.